The molecule has 4 nitrogen and oxygen atoms in total. The molecule has 0 fully saturated rings. The molecule has 4 aromatic carbocycles. The zero-order valence-corrected chi connectivity index (χ0v) is 30.0. The summed E-state index contributed by atoms with van der Waals surface area (Å²) in [4.78, 5) is 2.54. The van der Waals surface area contributed by atoms with Crippen LogP contribution in [0.5, 0.6) is 0 Å². The Labute approximate surface area is 291 Å². The third kappa shape index (κ3) is 5.43. The number of methoxy groups -OCH3 is 2. The third-order valence-corrected chi connectivity index (χ3v) is 11.5. The largest absolute Gasteiger partial charge is 0.383 e. The number of hydrogen-bond donors (Lipinski definition) is 0. The highest BCUT2D eigenvalue weighted by Crippen LogP contribution is 2.50. The lowest BCUT2D eigenvalue weighted by Gasteiger charge is -2.34. The molecule has 2 heterocycles. The maximum atomic E-state index is 7.40. The molecule has 0 saturated heterocycles. The monoisotopic (exact) mass is 659 g/mol. The molecular weight excluding hydrogens is 612 g/mol. The van der Waals surface area contributed by atoms with E-state index in [1.807, 2.05) is 0 Å². The van der Waals surface area contributed by atoms with E-state index >= 15 is 0 Å². The summed E-state index contributed by atoms with van der Waals surface area (Å²) in [5, 5.41) is 6.12. The van der Waals surface area contributed by atoms with Gasteiger partial charge in [-0.15, -0.1) is 0 Å². The van der Waals surface area contributed by atoms with Crippen LogP contribution < -0.4 is 4.90 Å². The number of nitrogens with zero attached hydrogens (tertiary/aromatic N) is 2. The average Bonchev–Trinajstić information content (AvgIpc) is 3.44. The quantitative estimate of drug-likeness (QED) is 0.167. The van der Waals surface area contributed by atoms with Gasteiger partial charge < -0.3 is 14.4 Å². The van der Waals surface area contributed by atoms with Crippen LogP contribution >= 0.6 is 11.6 Å². The topological polar surface area (TPSA) is 24.7 Å². The number of ether oxygens (including phenoxy) is 2. The number of allylic oxidation sites excluding steroid dienone is 5. The van der Waals surface area contributed by atoms with Crippen molar-refractivity contribution in [2.24, 2.45) is 0 Å². The third-order valence-electron chi connectivity index (χ3n) is 11.0. The van der Waals surface area contributed by atoms with Crippen molar-refractivity contribution in [3.8, 4) is 0 Å². The van der Waals surface area contributed by atoms with E-state index in [0.717, 1.165) is 37.4 Å². The van der Waals surface area contributed by atoms with E-state index in [2.05, 4.69) is 128 Å². The van der Waals surface area contributed by atoms with Crippen molar-refractivity contribution in [3.63, 3.8) is 0 Å². The fraction of sp³-hybridized carbons (Fsp3) is 0.372. The van der Waals surface area contributed by atoms with E-state index in [0.29, 0.717) is 13.2 Å². The van der Waals surface area contributed by atoms with Crippen molar-refractivity contribution in [3.05, 3.63) is 118 Å². The Morgan fingerprint density at radius 3 is 2.19 bits per heavy atom. The lowest BCUT2D eigenvalue weighted by atomic mass is 9.77. The fourth-order valence-corrected chi connectivity index (χ4v) is 8.96. The lowest BCUT2D eigenvalue weighted by Crippen LogP contribution is -2.42. The van der Waals surface area contributed by atoms with Gasteiger partial charge in [0, 0.05) is 54.6 Å². The van der Waals surface area contributed by atoms with Gasteiger partial charge in [-0.3, -0.25) is 0 Å². The molecule has 1 unspecified atom stereocenters. The van der Waals surface area contributed by atoms with Crippen molar-refractivity contribution < 1.29 is 14.0 Å². The van der Waals surface area contributed by atoms with Crippen LogP contribution in [0, 0.1) is 0 Å². The van der Waals surface area contributed by atoms with Crippen LogP contribution in [0.1, 0.15) is 58.1 Å². The first-order valence-electron chi connectivity index (χ1n) is 17.4. The highest BCUT2D eigenvalue weighted by molar-refractivity contribution is 6.32. The summed E-state index contributed by atoms with van der Waals surface area (Å²) in [5.74, 6) is 0. The molecule has 0 bridgehead atoms. The molecule has 3 aliphatic rings. The highest BCUT2D eigenvalue weighted by atomic mass is 35.5. The first-order chi connectivity index (χ1) is 23.2. The standard InChI is InChI=1S/C43H48ClN2O2/c1-42(2)37(45(24-26-47-5)35-21-18-29-12-7-9-16-33(29)39(35)42)23-20-31-14-11-15-32(41(31)44)28-38-43(3,4)40-34-17-10-8-13-30(34)19-22-36(40)46(38)25-27-48-6/h7-10,12-13,16-23,28,38H,11,14-15,24-27H2,1-6H3/q+1. The van der Waals surface area contributed by atoms with Gasteiger partial charge in [0.2, 0.25) is 5.69 Å². The maximum absolute atomic E-state index is 7.40. The predicted octanol–water partition coefficient (Wildman–Crippen LogP) is 9.99. The van der Waals surface area contributed by atoms with Crippen LogP contribution in [0.2, 0.25) is 0 Å². The minimum Gasteiger partial charge on any atom is -0.383 e. The molecule has 0 spiro atoms. The summed E-state index contributed by atoms with van der Waals surface area (Å²) in [6.07, 6.45) is 10.1. The zero-order chi connectivity index (χ0) is 33.6. The van der Waals surface area contributed by atoms with E-state index in [9.17, 15) is 0 Å². The molecule has 0 radical (unpaired) electrons. The molecule has 0 aromatic heterocycles. The van der Waals surface area contributed by atoms with Crippen LogP contribution in [-0.4, -0.2) is 56.9 Å². The number of benzene rings is 4. The molecule has 7 rings (SSSR count). The van der Waals surface area contributed by atoms with Crippen molar-refractivity contribution >= 4 is 50.2 Å². The lowest BCUT2D eigenvalue weighted by molar-refractivity contribution is -0.441. The highest BCUT2D eigenvalue weighted by Gasteiger charge is 2.46. The molecule has 48 heavy (non-hydrogen) atoms. The molecule has 4 aromatic rings. The maximum Gasteiger partial charge on any atom is 0.210 e. The Morgan fingerprint density at radius 1 is 0.812 bits per heavy atom. The van der Waals surface area contributed by atoms with E-state index in [1.54, 1.807) is 14.2 Å². The second-order valence-corrected chi connectivity index (χ2v) is 15.0. The van der Waals surface area contributed by atoms with Crippen molar-refractivity contribution in [1.29, 1.82) is 0 Å². The van der Waals surface area contributed by atoms with Crippen molar-refractivity contribution in [2.45, 2.75) is 63.8 Å². The molecule has 0 N–H and O–H groups in total. The summed E-state index contributed by atoms with van der Waals surface area (Å²) < 4.78 is 13.6. The Bertz CT molecular complexity index is 2010. The van der Waals surface area contributed by atoms with Gasteiger partial charge >= 0.3 is 0 Å². The Balaban J connectivity index is 1.28. The van der Waals surface area contributed by atoms with Gasteiger partial charge in [0.1, 0.15) is 6.61 Å². The zero-order valence-electron chi connectivity index (χ0n) is 29.3. The smallest absolute Gasteiger partial charge is 0.210 e. The van der Waals surface area contributed by atoms with Crippen molar-refractivity contribution in [2.75, 3.05) is 45.4 Å². The van der Waals surface area contributed by atoms with Crippen LogP contribution in [-0.2, 0) is 20.3 Å². The van der Waals surface area contributed by atoms with Crippen LogP contribution in [0.25, 0.3) is 21.5 Å². The number of halogens is 1. The molecule has 5 heteroatoms. The van der Waals surface area contributed by atoms with Gasteiger partial charge in [-0.2, -0.15) is 4.58 Å². The normalized spacial score (nSPS) is 20.9. The van der Waals surface area contributed by atoms with Gasteiger partial charge in [0.05, 0.1) is 18.1 Å². The number of hydrogen-bond acceptors (Lipinski definition) is 3. The second kappa shape index (κ2) is 13.0. The van der Waals surface area contributed by atoms with Crippen LogP contribution in [0.3, 0.4) is 0 Å². The van der Waals surface area contributed by atoms with E-state index in [-0.39, 0.29) is 16.9 Å². The summed E-state index contributed by atoms with van der Waals surface area (Å²) in [6.45, 7) is 12.4. The minimum absolute atomic E-state index is 0.109. The number of fused-ring (bicyclic) bond motifs is 6. The van der Waals surface area contributed by atoms with Gasteiger partial charge in [0.15, 0.2) is 12.3 Å². The SMILES string of the molecule is COCCN1c2ccc3ccccc3c2C(C)(C)C1C=C1CCCC(C=CC2=[N+](CCOC)c3ccc4ccccc4c3C2(C)C)=C1Cl. The Hall–Kier alpha value is -3.70. The van der Waals surface area contributed by atoms with E-state index in [1.165, 1.54) is 60.9 Å². The second-order valence-electron chi connectivity index (χ2n) is 14.6. The van der Waals surface area contributed by atoms with E-state index < -0.39 is 0 Å². The van der Waals surface area contributed by atoms with E-state index in [4.69, 9.17) is 21.1 Å². The minimum atomic E-state index is -0.176. The molecule has 248 valence electrons. The molecule has 0 amide bonds. The van der Waals surface area contributed by atoms with Gasteiger partial charge in [0.25, 0.3) is 0 Å². The van der Waals surface area contributed by atoms with Crippen LogP contribution in [0.15, 0.2) is 107 Å². The Kier molecular flexibility index (Phi) is 8.87. The average molecular weight is 660 g/mol. The number of anilines is 1. The summed E-state index contributed by atoms with van der Waals surface area (Å²) >= 11 is 7.40. The molecule has 0 saturated carbocycles. The molecule has 1 aliphatic carbocycles. The Morgan fingerprint density at radius 2 is 1.48 bits per heavy atom. The number of rotatable bonds is 9. The molecular formula is C43H48ClN2O2+. The summed E-state index contributed by atoms with van der Waals surface area (Å²) in [7, 11) is 3.57. The summed E-state index contributed by atoms with van der Waals surface area (Å²) in [5.41, 5.74) is 8.83. The fourth-order valence-electron chi connectivity index (χ4n) is 8.65. The van der Waals surface area contributed by atoms with Gasteiger partial charge in [-0.05, 0) is 83.5 Å². The summed E-state index contributed by atoms with van der Waals surface area (Å²) in [6, 6.07) is 26.8. The molecule has 1 atom stereocenters. The predicted molar refractivity (Wildman–Crippen MR) is 203 cm³/mol. The van der Waals surface area contributed by atoms with Crippen LogP contribution in [0.4, 0.5) is 11.4 Å². The van der Waals surface area contributed by atoms with Gasteiger partial charge in [-0.25, -0.2) is 0 Å². The van der Waals surface area contributed by atoms with Gasteiger partial charge in [-0.1, -0.05) is 92.2 Å². The van der Waals surface area contributed by atoms with Crippen molar-refractivity contribution in [1.82, 2.24) is 0 Å². The molecule has 2 aliphatic heterocycles. The first-order valence-corrected chi connectivity index (χ1v) is 17.8. The first kappa shape index (κ1) is 32.8.